The number of ether oxygens (including phenoxy) is 6. The molecule has 119 heavy (non-hydrogen) atoms. The normalized spacial score (nSPS) is 10.5. The molecule has 0 bridgehead atoms. The predicted molar refractivity (Wildman–Crippen MR) is 516 cm³/mol. The molecule has 14 heteroatoms. The molecule has 12 nitrogen and oxygen atoms in total. The summed E-state index contributed by atoms with van der Waals surface area (Å²) in [5.74, 6) is 0.148. The van der Waals surface area contributed by atoms with E-state index in [-0.39, 0.29) is 62.1 Å². The van der Waals surface area contributed by atoms with Crippen LogP contribution in [0.25, 0.3) is 11.1 Å². The molecule has 0 amide bonds. The van der Waals surface area contributed by atoms with E-state index in [0.717, 1.165) is 36.6 Å². The van der Waals surface area contributed by atoms with Crippen molar-refractivity contribution in [3.05, 3.63) is 294 Å². The van der Waals surface area contributed by atoms with Crippen molar-refractivity contribution in [1.29, 1.82) is 0 Å². The van der Waals surface area contributed by atoms with Crippen LogP contribution in [0, 0.1) is 5.41 Å². The second-order valence-electron chi connectivity index (χ2n) is 33.7. The molecule has 0 atom stereocenters. The van der Waals surface area contributed by atoms with Crippen LogP contribution in [0.4, 0.5) is 0 Å². The van der Waals surface area contributed by atoms with E-state index in [1.165, 1.54) is 111 Å². The van der Waals surface area contributed by atoms with Gasteiger partial charge in [-0.2, -0.15) is 0 Å². The summed E-state index contributed by atoms with van der Waals surface area (Å²) in [7, 11) is 0.752. The van der Waals surface area contributed by atoms with Gasteiger partial charge in [-0.25, -0.2) is 0 Å². The van der Waals surface area contributed by atoms with Crippen molar-refractivity contribution in [3.8, 4) is 16.9 Å². The third-order valence-electron chi connectivity index (χ3n) is 16.3. The molecule has 0 heterocycles. The maximum atomic E-state index is 11.0. The zero-order chi connectivity index (χ0) is 92.3. The quantitative estimate of drug-likeness (QED) is 0.0225. The molecule has 1 aliphatic carbocycles. The van der Waals surface area contributed by atoms with Crippen molar-refractivity contribution < 1.29 is 57.2 Å². The third kappa shape index (κ3) is 67.0. The van der Waals surface area contributed by atoms with Gasteiger partial charge in [0.25, 0.3) is 0 Å². The van der Waals surface area contributed by atoms with E-state index >= 15 is 0 Å². The number of allylic oxidation sites excluding steroid dienone is 1. The first-order valence-electron chi connectivity index (χ1n) is 42.1. The Balaban J connectivity index is -0.000000407. The average Bonchev–Trinajstić information content (AvgIpc) is 1.76. The number of fused-ring (bicyclic) bond motifs is 3. The Kier molecular flexibility index (Phi) is 67.7. The first-order chi connectivity index (χ1) is 55.6. The number of Topliss-reactive ketones (excluding diaryl/α,β-unsaturated/α-hetero) is 1. The van der Waals surface area contributed by atoms with Gasteiger partial charge in [-0.05, 0) is 150 Å². The number of esters is 5. The van der Waals surface area contributed by atoms with Crippen LogP contribution >= 0.6 is 0 Å². The Hall–Kier alpha value is -9.51. The number of methoxy groups -OCH3 is 1. The molecule has 0 fully saturated rings. The second-order valence-corrected chi connectivity index (χ2v) is 43.0. The van der Waals surface area contributed by atoms with Gasteiger partial charge in [0, 0.05) is 63.5 Å². The van der Waals surface area contributed by atoms with Gasteiger partial charge >= 0.3 is 29.8 Å². The Bertz CT molecular complexity index is 3690. The summed E-state index contributed by atoms with van der Waals surface area (Å²) in [5.41, 5.74) is 12.8. The van der Waals surface area contributed by atoms with Gasteiger partial charge in [-0.15, -0.1) is 6.58 Å². The number of hydrogen-bond acceptors (Lipinski definition) is 12. The maximum absolute atomic E-state index is 11.0. The van der Waals surface area contributed by atoms with Gasteiger partial charge in [0.15, 0.2) is 0 Å². The number of rotatable bonds is 16. The molecule has 0 saturated carbocycles. The molecule has 0 saturated heterocycles. The first-order valence-corrected chi connectivity index (χ1v) is 47.3. The second kappa shape index (κ2) is 68.3. The fourth-order valence-corrected chi connectivity index (χ4v) is 10.6. The van der Waals surface area contributed by atoms with Crippen LogP contribution in [0.3, 0.4) is 0 Å². The molecule has 8 aromatic carbocycles. The summed E-state index contributed by atoms with van der Waals surface area (Å²) in [6.45, 7) is 70.9. The van der Waals surface area contributed by atoms with Crippen LogP contribution in [-0.2, 0) is 77.3 Å². The molecule has 9 rings (SSSR count). The fraction of sp³-hybridized carbons (Fsp3) is 0.448. The average molecular weight is 1670 g/mol. The molecule has 0 aliphatic heterocycles. The van der Waals surface area contributed by atoms with Crippen LogP contribution in [-0.4, -0.2) is 85.8 Å². The maximum Gasteiger partial charge on any atom is 0.303 e. The van der Waals surface area contributed by atoms with E-state index in [4.69, 9.17) is 23.7 Å². The van der Waals surface area contributed by atoms with Gasteiger partial charge in [0.05, 0.1) is 13.7 Å². The van der Waals surface area contributed by atoms with Crippen molar-refractivity contribution in [1.82, 2.24) is 0 Å². The summed E-state index contributed by atoms with van der Waals surface area (Å²) >= 11 is 0. The van der Waals surface area contributed by atoms with Crippen LogP contribution in [0.15, 0.2) is 250 Å². The van der Waals surface area contributed by atoms with Gasteiger partial charge in [0.2, 0.25) is 0 Å². The Morgan fingerprint density at radius 3 is 0.966 bits per heavy atom. The number of carbonyl (C=O) groups excluding carboxylic acids is 6. The minimum Gasteiger partial charge on any atom is -0.497 e. The van der Waals surface area contributed by atoms with Gasteiger partial charge in [0.1, 0.15) is 37.0 Å². The standard InChI is InChI=1S/C20H18.C16H14O2.C9H10O2.C9H12O.C8H18O2Si.C8H10.C7H18Si.C6H12O2.C5H8O2.C5H12.C4H8.C3H6O.C3H8.C2H6/c1-20(17-11-5-2-6-12-17,18-13-7-3-8-14-18)19-15-9-4-10-16-19;1-11(17)18-10-16-14-8-4-2-6-12(14)13-7-3-5-9-15(13)16;1-8(10)11-7-9-5-3-2-4-6-9;1-3-8-4-6-9(10-2)7-5-8;1-7(9)10-5-6-11-8(2,3)4;1-2-8-6-4-3-5-7-8;1-7(2,3)8(4,5)6;1-5(7)8-6(2,3)4;1-3-4-7-5(2)6;1-5(2,3)4;1-3-4-2;1-3(2)4;1-3-2;1-2/h2-16H,1H3;2-9,16H,10H2,1H3;2-6H,7H2,1H3;4-7H,3H2,1-2H3;5-6,11H2,1-4H3;3-7H,2H2,1H3;1-6H3;1-4H3;3H,1,4H2,2H3;1-4H3;3H,1,4H2,2H3;1-2H3;3H2,1-2H3;1-2H3. The Morgan fingerprint density at radius 2 is 0.723 bits per heavy atom. The monoisotopic (exact) mass is 1670 g/mol. The predicted octanol–water partition coefficient (Wildman–Crippen LogP) is 27.9. The van der Waals surface area contributed by atoms with Crippen molar-refractivity contribution in [2.24, 2.45) is 5.41 Å². The van der Waals surface area contributed by atoms with E-state index in [0.29, 0.717) is 41.9 Å². The van der Waals surface area contributed by atoms with E-state index in [2.05, 4.69) is 300 Å². The lowest BCUT2D eigenvalue weighted by Gasteiger charge is -2.32. The lowest BCUT2D eigenvalue weighted by molar-refractivity contribution is -0.152. The lowest BCUT2D eigenvalue weighted by atomic mass is 9.71. The number of hydrogen-bond donors (Lipinski definition) is 0. The first kappa shape index (κ1) is 118. The number of benzene rings is 8. The molecular weight excluding hydrogens is 1510 g/mol. The highest BCUT2D eigenvalue weighted by Crippen LogP contribution is 2.45. The topological polar surface area (TPSA) is 158 Å². The molecule has 0 spiro atoms. The van der Waals surface area contributed by atoms with E-state index < -0.39 is 8.07 Å². The minimum atomic E-state index is -0.859. The van der Waals surface area contributed by atoms with Crippen LogP contribution in [0.5, 0.6) is 5.75 Å². The van der Waals surface area contributed by atoms with Crippen molar-refractivity contribution in [2.45, 2.75) is 279 Å². The molecule has 0 radical (unpaired) electrons. The summed E-state index contributed by atoms with van der Waals surface area (Å²) in [6, 6.07) is 78.0. The number of carbonyl (C=O) groups is 6. The number of ketones is 1. The van der Waals surface area contributed by atoms with E-state index in [1.807, 2.05) is 113 Å². The SMILES string of the molecule is C=CCC.C=CCOC(C)=O.CC.CC(=O)OC(C)(C)C.CC(=O)OCC1c2ccccc2-c2ccccc21.CC(=O)OCC[SiH2]C(C)(C)C.CC(=O)OCc1ccccc1.CC(C)(C)C.CC(C)(C)[Si](C)(C)C.CC(C)=O.CC(c1ccccc1)(c1ccccc1)c1ccccc1.CCC.CCc1ccc(OC)cc1.CCc1ccccc1. The van der Waals surface area contributed by atoms with Crippen molar-refractivity contribution >= 4 is 53.2 Å². The largest absolute Gasteiger partial charge is 0.497 e. The molecule has 8 aromatic rings. The fourth-order valence-electron chi connectivity index (χ4n) is 9.21. The minimum absolute atomic E-state index is 0.0706. The smallest absolute Gasteiger partial charge is 0.303 e. The van der Waals surface area contributed by atoms with Crippen LogP contribution in [0.1, 0.15) is 257 Å². The van der Waals surface area contributed by atoms with Crippen LogP contribution < -0.4 is 4.74 Å². The zero-order valence-corrected chi connectivity index (χ0v) is 82.4. The van der Waals surface area contributed by atoms with Gasteiger partial charge in [-0.3, -0.25) is 24.0 Å². The summed E-state index contributed by atoms with van der Waals surface area (Å²) in [6.07, 6.45) is 7.96. The Morgan fingerprint density at radius 1 is 0.420 bits per heavy atom. The highest BCUT2D eigenvalue weighted by molar-refractivity contribution is 6.78. The Labute approximate surface area is 728 Å². The summed E-state index contributed by atoms with van der Waals surface area (Å²) in [4.78, 5) is 61.4. The van der Waals surface area contributed by atoms with E-state index in [1.54, 1.807) is 7.11 Å². The van der Waals surface area contributed by atoms with Crippen molar-refractivity contribution in [3.63, 3.8) is 0 Å². The molecule has 660 valence electrons. The summed E-state index contributed by atoms with van der Waals surface area (Å²) in [5, 5.41) is 1.06. The molecule has 0 unspecified atom stereocenters. The highest BCUT2D eigenvalue weighted by atomic mass is 28.3. The third-order valence-corrected chi connectivity index (χ3v) is 23.0. The summed E-state index contributed by atoms with van der Waals surface area (Å²) < 4.78 is 29.1. The molecular formula is C105H160O12Si2. The number of aryl methyl sites for hydroxylation is 2. The van der Waals surface area contributed by atoms with Crippen molar-refractivity contribution in [2.75, 3.05) is 26.9 Å². The molecule has 0 aromatic heterocycles. The van der Waals surface area contributed by atoms with E-state index in [9.17, 15) is 28.8 Å². The zero-order valence-electron chi connectivity index (χ0n) is 80.0. The van der Waals surface area contributed by atoms with Gasteiger partial charge < -0.3 is 33.2 Å². The highest BCUT2D eigenvalue weighted by Gasteiger charge is 2.32. The van der Waals surface area contributed by atoms with Gasteiger partial charge in [-0.1, -0.05) is 375 Å². The lowest BCUT2D eigenvalue weighted by Crippen LogP contribution is -2.32. The molecule has 1 aliphatic rings. The van der Waals surface area contributed by atoms with Crippen LogP contribution in [0.2, 0.25) is 35.8 Å². The molecule has 0 N–H and O–H groups in total.